The fourth-order valence-electron chi connectivity index (χ4n) is 2.26. The summed E-state index contributed by atoms with van der Waals surface area (Å²) < 4.78 is 52.4. The van der Waals surface area contributed by atoms with Crippen molar-refractivity contribution in [3.05, 3.63) is 59.6 Å². The molecule has 0 spiro atoms. The molecule has 2 aromatic carbocycles. The minimum atomic E-state index is -4.04. The Bertz CT molecular complexity index is 1170. The van der Waals surface area contributed by atoms with E-state index in [1.807, 2.05) is 12.3 Å². The number of rotatable bonds is 6. The molecule has 0 radical (unpaired) electrons. The van der Waals surface area contributed by atoms with Crippen LogP contribution in [0.25, 0.3) is 0 Å². The van der Waals surface area contributed by atoms with Crippen molar-refractivity contribution in [2.45, 2.75) is 25.9 Å². The van der Waals surface area contributed by atoms with E-state index in [1.54, 1.807) is 35.6 Å². The van der Waals surface area contributed by atoms with Crippen LogP contribution in [0, 0.1) is 6.92 Å². The molecule has 27 heavy (non-hydrogen) atoms. The zero-order chi connectivity index (χ0) is 19.7. The van der Waals surface area contributed by atoms with E-state index < -0.39 is 19.9 Å². The quantitative estimate of drug-likeness (QED) is 0.627. The van der Waals surface area contributed by atoms with E-state index in [0.717, 1.165) is 21.2 Å². The van der Waals surface area contributed by atoms with E-state index in [1.165, 1.54) is 36.0 Å². The van der Waals surface area contributed by atoms with E-state index in [-0.39, 0.29) is 9.79 Å². The number of nitrogens with zero attached hydrogens (tertiary/aromatic N) is 1. The highest BCUT2D eigenvalue weighted by Gasteiger charge is 2.23. The first-order valence-corrected chi connectivity index (χ1v) is 12.7. The molecule has 1 heterocycles. The lowest BCUT2D eigenvalue weighted by Gasteiger charge is -2.11. The van der Waals surface area contributed by atoms with E-state index in [2.05, 4.69) is 9.71 Å². The molecule has 0 amide bonds. The maximum absolute atomic E-state index is 12.7. The predicted molar refractivity (Wildman–Crippen MR) is 108 cm³/mol. The Morgan fingerprint density at radius 2 is 1.59 bits per heavy atom. The molecule has 1 N–H and O–H groups in total. The van der Waals surface area contributed by atoms with Crippen molar-refractivity contribution in [1.82, 2.24) is 4.98 Å². The monoisotopic (exact) mass is 440 g/mol. The summed E-state index contributed by atoms with van der Waals surface area (Å²) in [6.07, 6.45) is 0.980. The molecule has 0 fully saturated rings. The summed E-state index contributed by atoms with van der Waals surface area (Å²) in [4.78, 5) is 4.79. The molecule has 3 aromatic rings. The van der Waals surface area contributed by atoms with Gasteiger partial charge < -0.3 is 0 Å². The van der Waals surface area contributed by atoms with Crippen molar-refractivity contribution < 1.29 is 16.8 Å². The van der Waals surface area contributed by atoms with Crippen molar-refractivity contribution in [2.24, 2.45) is 0 Å². The van der Waals surface area contributed by atoms with Gasteiger partial charge >= 0.3 is 0 Å². The zero-order valence-electron chi connectivity index (χ0n) is 14.4. The number of nitrogens with one attached hydrogen (secondary N) is 1. The zero-order valence-corrected chi connectivity index (χ0v) is 17.7. The molecule has 0 aliphatic carbocycles. The molecule has 1 aromatic heterocycles. The fraction of sp³-hybridized carbons (Fsp3) is 0.118. The van der Waals surface area contributed by atoms with Gasteiger partial charge in [0.2, 0.25) is 0 Å². The molecule has 10 heteroatoms. The lowest BCUT2D eigenvalue weighted by atomic mass is 10.3. The van der Waals surface area contributed by atoms with Crippen LogP contribution in [0.3, 0.4) is 0 Å². The number of hydrogen-bond donors (Lipinski definition) is 1. The van der Waals surface area contributed by atoms with E-state index >= 15 is 0 Å². The van der Waals surface area contributed by atoms with Gasteiger partial charge in [-0.25, -0.2) is 21.8 Å². The lowest BCUT2D eigenvalue weighted by molar-refractivity contribution is 0.588. The number of benzene rings is 2. The highest BCUT2D eigenvalue weighted by Crippen LogP contribution is 2.31. The number of hydrogen-bond acceptors (Lipinski definition) is 7. The van der Waals surface area contributed by atoms with Gasteiger partial charge in [-0.2, -0.15) is 0 Å². The minimum absolute atomic E-state index is 0.233. The molecule has 0 saturated carbocycles. The second kappa shape index (κ2) is 7.63. The van der Waals surface area contributed by atoms with Gasteiger partial charge in [-0.1, -0.05) is 23.9 Å². The van der Waals surface area contributed by atoms with Gasteiger partial charge in [0.15, 0.2) is 14.2 Å². The van der Waals surface area contributed by atoms with Crippen molar-refractivity contribution in [3.63, 3.8) is 0 Å². The summed E-state index contributed by atoms with van der Waals surface area (Å²) in [6.45, 7) is 1.92. The molecular weight excluding hydrogens is 424 g/mol. The third-order valence-electron chi connectivity index (χ3n) is 3.45. The Kier molecular flexibility index (Phi) is 5.61. The van der Waals surface area contributed by atoms with Crippen LogP contribution >= 0.6 is 23.1 Å². The molecule has 0 saturated heterocycles. The Hall–Kier alpha value is -1.88. The predicted octanol–water partition coefficient (Wildman–Crippen LogP) is 3.81. The Morgan fingerprint density at radius 1 is 0.963 bits per heavy atom. The van der Waals surface area contributed by atoms with E-state index in [9.17, 15) is 16.8 Å². The Labute approximate surface area is 166 Å². The average Bonchev–Trinajstić information content (AvgIpc) is 3.00. The Morgan fingerprint density at radius 3 is 2.15 bits per heavy atom. The number of sulfonamides is 1. The third kappa shape index (κ3) is 4.89. The van der Waals surface area contributed by atoms with Gasteiger partial charge in [0.1, 0.15) is 4.90 Å². The summed E-state index contributed by atoms with van der Waals surface area (Å²) >= 11 is 3.03. The van der Waals surface area contributed by atoms with Crippen LogP contribution in [0.5, 0.6) is 0 Å². The first-order valence-electron chi connectivity index (χ1n) is 7.67. The third-order valence-corrected chi connectivity index (χ3v) is 8.24. The Balaban J connectivity index is 1.83. The topological polar surface area (TPSA) is 93.2 Å². The number of aryl methyl sites for hydroxylation is 1. The largest absolute Gasteiger partial charge is 0.280 e. The molecule has 0 bridgehead atoms. The van der Waals surface area contributed by atoms with Crippen molar-refractivity contribution in [2.75, 3.05) is 11.0 Å². The summed E-state index contributed by atoms with van der Waals surface area (Å²) in [6, 6.07) is 12.3. The molecule has 142 valence electrons. The van der Waals surface area contributed by atoms with Crippen LogP contribution in [0.4, 0.5) is 5.69 Å². The minimum Gasteiger partial charge on any atom is -0.280 e. The maximum Gasteiger partial charge on any atom is 0.263 e. The molecule has 6 nitrogen and oxygen atoms in total. The summed E-state index contributed by atoms with van der Waals surface area (Å²) in [5.41, 5.74) is 1.30. The number of thiazole rings is 1. The van der Waals surface area contributed by atoms with Crippen LogP contribution in [0.15, 0.2) is 72.9 Å². The van der Waals surface area contributed by atoms with Crippen LogP contribution in [0.2, 0.25) is 0 Å². The van der Waals surface area contributed by atoms with Gasteiger partial charge in [0, 0.05) is 27.9 Å². The van der Waals surface area contributed by atoms with Gasteiger partial charge in [-0.3, -0.25) is 4.72 Å². The molecule has 0 atom stereocenters. The SMILES string of the molecule is Cc1csc(Sc2ccc(NS(=O)(=O)c3ccccc3S(C)(=O)=O)cc2)n1. The van der Waals surface area contributed by atoms with Crippen LogP contribution in [-0.2, 0) is 19.9 Å². The molecule has 0 aliphatic rings. The second-order valence-corrected chi connectivity index (χ2v) is 11.5. The van der Waals surface area contributed by atoms with Gasteiger partial charge in [-0.05, 0) is 43.3 Å². The molecule has 0 unspecified atom stereocenters. The van der Waals surface area contributed by atoms with Crippen molar-refractivity contribution in [3.8, 4) is 0 Å². The van der Waals surface area contributed by atoms with Gasteiger partial charge in [0.05, 0.1) is 4.90 Å². The number of sulfone groups is 1. The van der Waals surface area contributed by atoms with Crippen molar-refractivity contribution >= 4 is 48.6 Å². The van der Waals surface area contributed by atoms with Crippen LogP contribution < -0.4 is 4.72 Å². The summed E-state index contributed by atoms with van der Waals surface area (Å²) in [5, 5.41) is 1.96. The highest BCUT2D eigenvalue weighted by molar-refractivity contribution is 8.01. The maximum atomic E-state index is 12.7. The molecular formula is C17H16N2O4S4. The smallest absolute Gasteiger partial charge is 0.263 e. The number of aromatic nitrogens is 1. The molecule has 0 aliphatic heterocycles. The average molecular weight is 441 g/mol. The van der Waals surface area contributed by atoms with Crippen molar-refractivity contribution in [1.29, 1.82) is 0 Å². The highest BCUT2D eigenvalue weighted by atomic mass is 32.2. The summed E-state index contributed by atoms with van der Waals surface area (Å²) in [5.74, 6) is 0. The van der Waals surface area contributed by atoms with Crippen LogP contribution in [-0.4, -0.2) is 28.1 Å². The van der Waals surface area contributed by atoms with Crippen LogP contribution in [0.1, 0.15) is 5.69 Å². The first-order chi connectivity index (χ1) is 12.6. The fourth-order valence-corrected chi connectivity index (χ4v) is 6.76. The lowest BCUT2D eigenvalue weighted by Crippen LogP contribution is -2.16. The van der Waals surface area contributed by atoms with Gasteiger partial charge in [-0.15, -0.1) is 11.3 Å². The second-order valence-electron chi connectivity index (χ2n) is 5.71. The van der Waals surface area contributed by atoms with E-state index in [0.29, 0.717) is 5.69 Å². The normalized spacial score (nSPS) is 12.1. The summed E-state index contributed by atoms with van der Waals surface area (Å²) in [7, 11) is -7.72. The van der Waals surface area contributed by atoms with E-state index in [4.69, 9.17) is 0 Å². The van der Waals surface area contributed by atoms with Gasteiger partial charge in [0.25, 0.3) is 10.0 Å². The molecule has 3 rings (SSSR count). The first kappa shape index (κ1) is 19.9. The number of anilines is 1. The standard InChI is InChI=1S/C17H16N2O4S4/c1-12-11-24-17(18-12)25-14-9-7-13(8-10-14)19-27(22,23)16-6-4-3-5-15(16)26(2,20)21/h3-11,19H,1-2H3.